The highest BCUT2D eigenvalue weighted by Crippen LogP contribution is 2.30. The van der Waals surface area contributed by atoms with Crippen LogP contribution in [0.5, 0.6) is 0 Å². The summed E-state index contributed by atoms with van der Waals surface area (Å²) in [4.78, 5) is 0. The van der Waals surface area contributed by atoms with Crippen LogP contribution in [0.2, 0.25) is 5.02 Å². The maximum atomic E-state index is 13.2. The predicted molar refractivity (Wildman–Crippen MR) is 65.5 cm³/mol. The second-order valence-corrected chi connectivity index (χ2v) is 4.01. The molecule has 0 spiro atoms. The lowest BCUT2D eigenvalue weighted by molar-refractivity contribution is 0.587. The molecule has 0 heterocycles. The number of rotatable bonds is 2. The minimum atomic E-state index is -0.898. The molecule has 18 heavy (non-hydrogen) atoms. The van der Waals surface area contributed by atoms with Gasteiger partial charge in [0.2, 0.25) is 0 Å². The van der Waals surface area contributed by atoms with Gasteiger partial charge in [0.15, 0.2) is 5.82 Å². The summed E-state index contributed by atoms with van der Waals surface area (Å²) in [6.45, 7) is 0. The number of benzene rings is 2. The quantitative estimate of drug-likeness (QED) is 0.808. The Balaban J connectivity index is 2.43. The third-order valence-corrected chi connectivity index (χ3v) is 2.62. The van der Waals surface area contributed by atoms with Crippen molar-refractivity contribution in [1.29, 1.82) is 0 Å². The summed E-state index contributed by atoms with van der Waals surface area (Å²) in [6.07, 6.45) is 0. The molecule has 0 aliphatic carbocycles. The lowest BCUT2D eigenvalue weighted by atomic mass is 10.2. The van der Waals surface area contributed by atoms with Gasteiger partial charge in [0.25, 0.3) is 0 Å². The molecule has 0 atom stereocenters. The van der Waals surface area contributed by atoms with Gasteiger partial charge in [0.05, 0.1) is 22.1 Å². The lowest BCUT2D eigenvalue weighted by Gasteiger charge is -2.11. The minimum Gasteiger partial charge on any atom is -0.395 e. The topological polar surface area (TPSA) is 38.0 Å². The summed E-state index contributed by atoms with van der Waals surface area (Å²) < 4.78 is 39.3. The molecule has 0 radical (unpaired) electrons. The van der Waals surface area contributed by atoms with E-state index in [0.29, 0.717) is 6.07 Å². The maximum absolute atomic E-state index is 13.2. The summed E-state index contributed by atoms with van der Waals surface area (Å²) in [5, 5.41) is 2.79. The van der Waals surface area contributed by atoms with Crippen LogP contribution in [-0.4, -0.2) is 0 Å². The van der Waals surface area contributed by atoms with Crippen molar-refractivity contribution in [3.8, 4) is 0 Å². The number of anilines is 3. The molecular weight excluding hydrogens is 265 g/mol. The number of nitrogen functional groups attached to an aromatic ring is 1. The molecule has 0 saturated heterocycles. The van der Waals surface area contributed by atoms with E-state index in [0.717, 1.165) is 12.1 Å². The first-order valence-electron chi connectivity index (χ1n) is 4.94. The first-order chi connectivity index (χ1) is 8.47. The molecule has 0 aromatic heterocycles. The Morgan fingerprint density at radius 2 is 1.61 bits per heavy atom. The third kappa shape index (κ3) is 2.51. The molecule has 0 bridgehead atoms. The van der Waals surface area contributed by atoms with E-state index >= 15 is 0 Å². The van der Waals surface area contributed by atoms with E-state index in [9.17, 15) is 13.2 Å². The summed E-state index contributed by atoms with van der Waals surface area (Å²) in [5.74, 6) is -2.22. The smallest absolute Gasteiger partial charge is 0.151 e. The molecule has 0 amide bonds. The van der Waals surface area contributed by atoms with Crippen LogP contribution in [0.25, 0.3) is 0 Å². The van der Waals surface area contributed by atoms with Crippen LogP contribution in [0, 0.1) is 17.5 Å². The highest BCUT2D eigenvalue weighted by atomic mass is 35.5. The van der Waals surface area contributed by atoms with E-state index in [1.807, 2.05) is 0 Å². The Morgan fingerprint density at radius 3 is 2.33 bits per heavy atom. The van der Waals surface area contributed by atoms with Crippen molar-refractivity contribution in [3.63, 3.8) is 0 Å². The first kappa shape index (κ1) is 12.6. The average Bonchev–Trinajstić information content (AvgIpc) is 2.30. The van der Waals surface area contributed by atoms with Gasteiger partial charge in [-0.3, -0.25) is 0 Å². The Kier molecular flexibility index (Phi) is 3.34. The van der Waals surface area contributed by atoms with Gasteiger partial charge in [-0.05, 0) is 24.3 Å². The van der Waals surface area contributed by atoms with Crippen molar-refractivity contribution in [2.24, 2.45) is 0 Å². The van der Waals surface area contributed by atoms with Gasteiger partial charge >= 0.3 is 0 Å². The van der Waals surface area contributed by atoms with E-state index < -0.39 is 17.5 Å². The fourth-order valence-corrected chi connectivity index (χ4v) is 1.59. The lowest BCUT2D eigenvalue weighted by Crippen LogP contribution is -2.01. The fraction of sp³-hybridized carbons (Fsp3) is 0. The highest BCUT2D eigenvalue weighted by Gasteiger charge is 2.10. The van der Waals surface area contributed by atoms with Crippen LogP contribution in [0.3, 0.4) is 0 Å². The summed E-state index contributed by atoms with van der Waals surface area (Å²) in [6, 6.07) is 5.26. The maximum Gasteiger partial charge on any atom is 0.151 e. The van der Waals surface area contributed by atoms with Crippen LogP contribution in [0.1, 0.15) is 0 Å². The van der Waals surface area contributed by atoms with E-state index in [4.69, 9.17) is 17.3 Å². The van der Waals surface area contributed by atoms with Crippen LogP contribution in [0.15, 0.2) is 30.3 Å². The van der Waals surface area contributed by atoms with Gasteiger partial charge in [0, 0.05) is 6.07 Å². The zero-order valence-corrected chi connectivity index (χ0v) is 9.73. The molecule has 0 fully saturated rings. The molecule has 0 aliphatic heterocycles. The van der Waals surface area contributed by atoms with Crippen molar-refractivity contribution in [1.82, 2.24) is 0 Å². The highest BCUT2D eigenvalue weighted by molar-refractivity contribution is 6.33. The van der Waals surface area contributed by atoms with Crippen LogP contribution in [0.4, 0.5) is 30.2 Å². The molecule has 2 rings (SSSR count). The summed E-state index contributed by atoms with van der Waals surface area (Å²) in [5.41, 5.74) is 5.34. The Hall–Kier alpha value is -1.88. The molecule has 0 saturated carbocycles. The second kappa shape index (κ2) is 4.78. The van der Waals surface area contributed by atoms with Crippen molar-refractivity contribution in [2.75, 3.05) is 11.1 Å². The number of hydrogen-bond acceptors (Lipinski definition) is 2. The second-order valence-electron chi connectivity index (χ2n) is 3.60. The molecule has 3 N–H and O–H groups in total. The normalized spacial score (nSPS) is 10.4. The van der Waals surface area contributed by atoms with Gasteiger partial charge in [-0.15, -0.1) is 0 Å². The first-order valence-corrected chi connectivity index (χ1v) is 5.32. The van der Waals surface area contributed by atoms with E-state index in [1.165, 1.54) is 12.1 Å². The minimum absolute atomic E-state index is 0.0139. The molecular formula is C12H8ClF3N2. The SMILES string of the molecule is Nc1c(F)cc(F)cc1Nc1cc(F)ccc1Cl. The standard InChI is InChI=1S/C12H8ClF3N2/c13-8-2-1-6(14)4-10(8)18-11-5-7(15)3-9(16)12(11)17/h1-5,18H,17H2. The molecule has 0 aliphatic rings. The zero-order chi connectivity index (χ0) is 13.3. The third-order valence-electron chi connectivity index (χ3n) is 2.29. The fourth-order valence-electron chi connectivity index (χ4n) is 1.43. The predicted octanol–water partition coefficient (Wildman–Crippen LogP) is 4.08. The number of nitrogens with two attached hydrogens (primary N) is 1. The Labute approximate surface area is 106 Å². The van der Waals surface area contributed by atoms with E-state index in [1.54, 1.807) is 0 Å². The Bertz CT molecular complexity index is 602. The Morgan fingerprint density at radius 1 is 0.944 bits per heavy atom. The summed E-state index contributed by atoms with van der Waals surface area (Å²) in [7, 11) is 0. The monoisotopic (exact) mass is 272 g/mol. The van der Waals surface area contributed by atoms with Crippen molar-refractivity contribution < 1.29 is 13.2 Å². The molecule has 94 valence electrons. The van der Waals surface area contributed by atoms with Crippen molar-refractivity contribution in [3.05, 3.63) is 52.8 Å². The molecule has 2 aromatic rings. The molecule has 6 heteroatoms. The summed E-state index contributed by atoms with van der Waals surface area (Å²) >= 11 is 5.82. The average molecular weight is 273 g/mol. The zero-order valence-electron chi connectivity index (χ0n) is 8.98. The van der Waals surface area contributed by atoms with E-state index in [2.05, 4.69) is 5.32 Å². The molecule has 2 aromatic carbocycles. The number of halogens is 4. The van der Waals surface area contributed by atoms with Crippen LogP contribution < -0.4 is 11.1 Å². The largest absolute Gasteiger partial charge is 0.395 e. The van der Waals surface area contributed by atoms with Gasteiger partial charge < -0.3 is 11.1 Å². The number of hydrogen-bond donors (Lipinski definition) is 2. The van der Waals surface area contributed by atoms with Crippen LogP contribution in [-0.2, 0) is 0 Å². The van der Waals surface area contributed by atoms with Gasteiger partial charge in [0.1, 0.15) is 11.6 Å². The van der Waals surface area contributed by atoms with Gasteiger partial charge in [-0.2, -0.15) is 0 Å². The molecule has 2 nitrogen and oxygen atoms in total. The van der Waals surface area contributed by atoms with E-state index in [-0.39, 0.29) is 22.1 Å². The van der Waals surface area contributed by atoms with Crippen LogP contribution >= 0.6 is 11.6 Å². The molecule has 0 unspecified atom stereocenters. The number of nitrogens with one attached hydrogen (secondary N) is 1. The van der Waals surface area contributed by atoms with Crippen molar-refractivity contribution in [2.45, 2.75) is 0 Å². The van der Waals surface area contributed by atoms with Gasteiger partial charge in [-0.25, -0.2) is 13.2 Å². The van der Waals surface area contributed by atoms with Crippen molar-refractivity contribution >= 4 is 28.7 Å². The van der Waals surface area contributed by atoms with Gasteiger partial charge in [-0.1, -0.05) is 11.6 Å².